The first-order chi connectivity index (χ1) is 10.4. The maximum absolute atomic E-state index is 10.9. The minimum atomic E-state index is -0.0659. The van der Waals surface area contributed by atoms with Gasteiger partial charge in [-0.25, -0.2) is 0 Å². The van der Waals surface area contributed by atoms with Crippen molar-refractivity contribution in [1.29, 1.82) is 0 Å². The zero-order valence-electron chi connectivity index (χ0n) is 14.2. The molecule has 0 aromatic carbocycles. The Morgan fingerprint density at radius 3 is 2.41 bits per heavy atom. The van der Waals surface area contributed by atoms with E-state index in [0.29, 0.717) is 13.0 Å². The molecule has 0 fully saturated rings. The molecule has 0 aromatic heterocycles. The number of nitrogens with zero attached hydrogens (tertiary/aromatic N) is 1. The first-order valence-corrected chi connectivity index (χ1v) is 8.11. The summed E-state index contributed by atoms with van der Waals surface area (Å²) in [6.45, 7) is 12.5. The van der Waals surface area contributed by atoms with Gasteiger partial charge in [0.25, 0.3) is 0 Å². The second kappa shape index (κ2) is 11.3. The second-order valence-corrected chi connectivity index (χ2v) is 5.83. The summed E-state index contributed by atoms with van der Waals surface area (Å²) in [4.78, 5) is 12.9. The van der Waals surface area contributed by atoms with Gasteiger partial charge in [-0.1, -0.05) is 38.1 Å². The van der Waals surface area contributed by atoms with Gasteiger partial charge in [0, 0.05) is 29.9 Å². The molecule has 1 atom stereocenters. The highest BCUT2D eigenvalue weighted by Gasteiger charge is 2.16. The van der Waals surface area contributed by atoms with Crippen LogP contribution in [-0.2, 0) is 4.79 Å². The van der Waals surface area contributed by atoms with Gasteiger partial charge in [0.2, 0.25) is 0 Å². The Morgan fingerprint density at radius 2 is 2.00 bits per heavy atom. The van der Waals surface area contributed by atoms with Gasteiger partial charge < -0.3 is 15.4 Å². The van der Waals surface area contributed by atoms with Crippen molar-refractivity contribution >= 4 is 17.9 Å². The van der Waals surface area contributed by atoms with Crippen LogP contribution in [0.15, 0.2) is 46.8 Å². The summed E-state index contributed by atoms with van der Waals surface area (Å²) < 4.78 is 0. The summed E-state index contributed by atoms with van der Waals surface area (Å²) in [6.07, 6.45) is 9.10. The van der Waals surface area contributed by atoms with E-state index in [1.807, 2.05) is 37.9 Å². The van der Waals surface area contributed by atoms with E-state index in [9.17, 15) is 4.79 Å². The molecule has 0 radical (unpaired) electrons. The first-order valence-electron chi connectivity index (χ1n) is 7.73. The molecule has 0 heterocycles. The smallest absolute Gasteiger partial charge is 0.122 e. The largest absolute Gasteiger partial charge is 0.347 e. The lowest BCUT2D eigenvalue weighted by Gasteiger charge is -2.31. The molecule has 0 saturated carbocycles. The highest BCUT2D eigenvalue weighted by molar-refractivity contribution is 6.29. The Kier molecular flexibility index (Phi) is 10.6. The van der Waals surface area contributed by atoms with Crippen LogP contribution in [0.3, 0.4) is 0 Å². The third-order valence-corrected chi connectivity index (χ3v) is 3.48. The monoisotopic (exact) mass is 324 g/mol. The van der Waals surface area contributed by atoms with Gasteiger partial charge in [-0.15, -0.1) is 0 Å². The van der Waals surface area contributed by atoms with Crippen molar-refractivity contribution < 1.29 is 4.79 Å². The number of halogens is 1. The second-order valence-electron chi connectivity index (χ2n) is 5.23. The van der Waals surface area contributed by atoms with Gasteiger partial charge in [0.05, 0.1) is 6.04 Å². The Labute approximate surface area is 140 Å². The number of aldehydes is 1. The van der Waals surface area contributed by atoms with E-state index in [1.165, 1.54) is 0 Å². The average molecular weight is 325 g/mol. The quantitative estimate of drug-likeness (QED) is 0.475. The summed E-state index contributed by atoms with van der Waals surface area (Å²) in [5.74, 6) is 0. The molecule has 1 unspecified atom stereocenters. The maximum atomic E-state index is 10.9. The molecule has 0 aliphatic carbocycles. The van der Waals surface area contributed by atoms with E-state index in [4.69, 9.17) is 17.3 Å². The summed E-state index contributed by atoms with van der Waals surface area (Å²) in [7, 11) is 0. The van der Waals surface area contributed by atoms with Gasteiger partial charge >= 0.3 is 0 Å². The number of carbonyl (C=O) groups is 1. The van der Waals surface area contributed by atoms with Gasteiger partial charge in [-0.05, 0) is 43.9 Å². The lowest BCUT2D eigenvalue weighted by molar-refractivity contribution is -0.108. The third-order valence-electron chi connectivity index (χ3n) is 3.37. The van der Waals surface area contributed by atoms with E-state index < -0.39 is 0 Å². The fraction of sp³-hybridized carbons (Fsp3) is 0.500. The van der Waals surface area contributed by atoms with Gasteiger partial charge in [-0.3, -0.25) is 0 Å². The van der Waals surface area contributed by atoms with E-state index in [0.717, 1.165) is 41.0 Å². The molecule has 0 aliphatic rings. The SMILES string of the molecule is C=C(CC)N(C=C(C)C(C=C(C)Cl)=CCC)C(CN)CC=O. The van der Waals surface area contributed by atoms with E-state index >= 15 is 0 Å². The maximum Gasteiger partial charge on any atom is 0.122 e. The number of rotatable bonds is 10. The predicted molar refractivity (Wildman–Crippen MR) is 96.5 cm³/mol. The number of allylic oxidation sites excluding steroid dienone is 6. The molecule has 0 aromatic rings. The van der Waals surface area contributed by atoms with Crippen molar-refractivity contribution in [2.24, 2.45) is 5.73 Å². The minimum absolute atomic E-state index is 0.0659. The Balaban J connectivity index is 5.65. The third kappa shape index (κ3) is 7.10. The molecular formula is C18H29ClN2O. The van der Waals surface area contributed by atoms with Gasteiger partial charge in [0.1, 0.15) is 6.29 Å². The molecule has 0 bridgehead atoms. The topological polar surface area (TPSA) is 46.3 Å². The van der Waals surface area contributed by atoms with Crippen LogP contribution in [-0.4, -0.2) is 23.8 Å². The molecule has 0 spiro atoms. The number of carbonyl (C=O) groups excluding carboxylic acids is 1. The molecule has 4 heteroatoms. The summed E-state index contributed by atoms with van der Waals surface area (Å²) in [6, 6.07) is -0.0659. The van der Waals surface area contributed by atoms with Crippen LogP contribution in [0.1, 0.15) is 47.0 Å². The van der Waals surface area contributed by atoms with Crippen LogP contribution in [0, 0.1) is 0 Å². The zero-order chi connectivity index (χ0) is 17.1. The van der Waals surface area contributed by atoms with Crippen molar-refractivity contribution in [1.82, 2.24) is 4.90 Å². The Bertz CT molecular complexity index is 460. The number of hydrogen-bond donors (Lipinski definition) is 1. The molecule has 0 saturated heterocycles. The molecule has 0 rings (SSSR count). The highest BCUT2D eigenvalue weighted by atomic mass is 35.5. The zero-order valence-corrected chi connectivity index (χ0v) is 15.0. The molecule has 0 amide bonds. The van der Waals surface area contributed by atoms with E-state index in [-0.39, 0.29) is 6.04 Å². The fourth-order valence-electron chi connectivity index (χ4n) is 2.12. The lowest BCUT2D eigenvalue weighted by Crippen LogP contribution is -2.36. The van der Waals surface area contributed by atoms with E-state index in [1.54, 1.807) is 0 Å². The highest BCUT2D eigenvalue weighted by Crippen LogP contribution is 2.21. The molecule has 22 heavy (non-hydrogen) atoms. The van der Waals surface area contributed by atoms with Crippen molar-refractivity contribution in [2.75, 3.05) is 6.54 Å². The molecule has 2 N–H and O–H groups in total. The predicted octanol–water partition coefficient (Wildman–Crippen LogP) is 4.51. The Hall–Kier alpha value is -1.32. The van der Waals surface area contributed by atoms with Crippen LogP contribution in [0.25, 0.3) is 0 Å². The average Bonchev–Trinajstić information content (AvgIpc) is 2.48. The number of hydrogen-bond acceptors (Lipinski definition) is 3. The van der Waals surface area contributed by atoms with Crippen LogP contribution < -0.4 is 5.73 Å². The molecule has 3 nitrogen and oxygen atoms in total. The molecule has 124 valence electrons. The van der Waals surface area contributed by atoms with Crippen molar-refractivity contribution in [3.63, 3.8) is 0 Å². The van der Waals surface area contributed by atoms with Gasteiger partial charge in [-0.2, -0.15) is 0 Å². The van der Waals surface area contributed by atoms with Crippen molar-refractivity contribution in [3.05, 3.63) is 46.8 Å². The van der Waals surface area contributed by atoms with Crippen LogP contribution in [0.5, 0.6) is 0 Å². The summed E-state index contributed by atoms with van der Waals surface area (Å²) >= 11 is 6.01. The number of nitrogens with two attached hydrogens (primary N) is 1. The normalized spacial score (nSPS) is 14.7. The Morgan fingerprint density at radius 1 is 1.36 bits per heavy atom. The van der Waals surface area contributed by atoms with E-state index in [2.05, 4.69) is 19.6 Å². The standard InChI is InChI=1S/C18H29ClN2O/c1-6-8-17(11-15(4)19)14(3)13-21(16(5)7-2)18(12-20)9-10-22/h8,10-11,13,18H,5-7,9,12,20H2,1-4H3. The lowest BCUT2D eigenvalue weighted by atomic mass is 10.1. The van der Waals surface area contributed by atoms with Crippen molar-refractivity contribution in [2.45, 2.75) is 53.0 Å². The van der Waals surface area contributed by atoms with Crippen LogP contribution in [0.2, 0.25) is 0 Å². The summed E-state index contributed by atoms with van der Waals surface area (Å²) in [5.41, 5.74) is 8.91. The minimum Gasteiger partial charge on any atom is -0.347 e. The van der Waals surface area contributed by atoms with Gasteiger partial charge in [0.15, 0.2) is 0 Å². The first kappa shape index (κ1) is 20.7. The van der Waals surface area contributed by atoms with Crippen molar-refractivity contribution in [3.8, 4) is 0 Å². The van der Waals surface area contributed by atoms with Crippen LogP contribution >= 0.6 is 11.6 Å². The fourth-order valence-corrected chi connectivity index (χ4v) is 2.24. The van der Waals surface area contributed by atoms with Crippen LogP contribution in [0.4, 0.5) is 0 Å². The molecule has 0 aliphatic heterocycles. The molecular weight excluding hydrogens is 296 g/mol. The summed E-state index contributed by atoms with van der Waals surface area (Å²) in [5, 5.41) is 0.733.